The van der Waals surface area contributed by atoms with Crippen LogP contribution in [0.5, 0.6) is 0 Å². The van der Waals surface area contributed by atoms with Crippen molar-refractivity contribution in [1.82, 2.24) is 9.80 Å². The van der Waals surface area contributed by atoms with Gasteiger partial charge in [-0.1, -0.05) is 30.3 Å². The Morgan fingerprint density at radius 1 is 0.857 bits per heavy atom. The van der Waals surface area contributed by atoms with E-state index in [9.17, 15) is 24.0 Å². The first-order valence-electron chi connectivity index (χ1n) is 8.49. The zero-order valence-corrected chi connectivity index (χ0v) is 15.0. The summed E-state index contributed by atoms with van der Waals surface area (Å²) in [5.41, 5.74) is 1.46. The number of Topliss-reactive ketones (excluding diaryl/α,β-unsaturated/α-hetero) is 1. The Balaban J connectivity index is 1.70. The summed E-state index contributed by atoms with van der Waals surface area (Å²) in [6, 6.07) is 14.0. The first kappa shape index (κ1) is 19.0. The van der Waals surface area contributed by atoms with E-state index >= 15 is 0 Å². The molecule has 2 aromatic rings. The van der Waals surface area contributed by atoms with Gasteiger partial charge in [-0.15, -0.1) is 0 Å². The van der Waals surface area contributed by atoms with Crippen LogP contribution in [0, 0.1) is 0 Å². The maximum Gasteiger partial charge on any atom is 0.334 e. The molecule has 8 heteroatoms. The van der Waals surface area contributed by atoms with Crippen LogP contribution in [0.3, 0.4) is 0 Å². The zero-order chi connectivity index (χ0) is 20.3. The zero-order valence-electron chi connectivity index (χ0n) is 15.0. The van der Waals surface area contributed by atoms with Crippen molar-refractivity contribution in [2.45, 2.75) is 13.5 Å². The molecule has 2 aromatic carbocycles. The van der Waals surface area contributed by atoms with Gasteiger partial charge in [0.2, 0.25) is 5.91 Å². The van der Waals surface area contributed by atoms with Crippen molar-refractivity contribution in [1.29, 1.82) is 0 Å². The molecule has 1 aliphatic heterocycles. The molecule has 142 valence electrons. The number of rotatable bonds is 6. The molecule has 0 unspecified atom stereocenters. The highest BCUT2D eigenvalue weighted by molar-refractivity contribution is 6.45. The predicted molar refractivity (Wildman–Crippen MR) is 99.2 cm³/mol. The first-order valence-corrected chi connectivity index (χ1v) is 8.49. The number of anilines is 1. The van der Waals surface area contributed by atoms with Gasteiger partial charge in [-0.2, -0.15) is 0 Å². The lowest BCUT2D eigenvalue weighted by atomic mass is 10.1. The topological polar surface area (TPSA) is 104 Å². The third kappa shape index (κ3) is 3.96. The summed E-state index contributed by atoms with van der Waals surface area (Å²) in [6.45, 7) is 0.788. The number of ketones is 1. The normalized spacial score (nSPS) is 13.8. The monoisotopic (exact) mass is 379 g/mol. The van der Waals surface area contributed by atoms with Crippen LogP contribution in [0.2, 0.25) is 0 Å². The third-order valence-electron chi connectivity index (χ3n) is 4.15. The Labute approximate surface area is 160 Å². The van der Waals surface area contributed by atoms with E-state index in [2.05, 4.69) is 5.32 Å². The fourth-order valence-electron chi connectivity index (χ4n) is 2.77. The number of hydrogen-bond acceptors (Lipinski definition) is 5. The Hall–Kier alpha value is -3.81. The molecule has 0 saturated carbocycles. The fraction of sp³-hybridized carbons (Fsp3) is 0.150. The molecule has 0 bridgehead atoms. The van der Waals surface area contributed by atoms with E-state index in [-0.39, 0.29) is 18.0 Å². The van der Waals surface area contributed by atoms with Gasteiger partial charge >= 0.3 is 17.8 Å². The second kappa shape index (κ2) is 7.83. The highest BCUT2D eigenvalue weighted by atomic mass is 16.2. The third-order valence-corrected chi connectivity index (χ3v) is 4.15. The summed E-state index contributed by atoms with van der Waals surface area (Å²) in [7, 11) is 0. The highest BCUT2D eigenvalue weighted by Crippen LogP contribution is 2.17. The van der Waals surface area contributed by atoms with Gasteiger partial charge in [0.05, 0.1) is 13.1 Å². The second-order valence-corrected chi connectivity index (χ2v) is 6.23. The summed E-state index contributed by atoms with van der Waals surface area (Å²) in [5, 5.41) is 2.57. The molecule has 8 nitrogen and oxygen atoms in total. The van der Waals surface area contributed by atoms with Crippen molar-refractivity contribution >= 4 is 35.2 Å². The number of nitrogens with zero attached hydrogens (tertiary/aromatic N) is 2. The Morgan fingerprint density at radius 2 is 1.46 bits per heavy atom. The minimum absolute atomic E-state index is 0.0413. The Kier molecular flexibility index (Phi) is 5.30. The maximum absolute atomic E-state index is 12.5. The van der Waals surface area contributed by atoms with Gasteiger partial charge in [0, 0.05) is 18.2 Å². The molecule has 0 aromatic heterocycles. The summed E-state index contributed by atoms with van der Waals surface area (Å²) in [6.07, 6.45) is 0. The van der Waals surface area contributed by atoms with Crippen LogP contribution in [0.4, 0.5) is 10.5 Å². The van der Waals surface area contributed by atoms with Gasteiger partial charge in [0.25, 0.3) is 0 Å². The molecule has 0 aliphatic carbocycles. The molecule has 1 fully saturated rings. The van der Waals surface area contributed by atoms with Crippen LogP contribution in [-0.2, 0) is 20.9 Å². The number of carbonyl (C=O) groups is 5. The van der Waals surface area contributed by atoms with Gasteiger partial charge in [-0.3, -0.25) is 24.1 Å². The van der Waals surface area contributed by atoms with E-state index in [1.807, 2.05) is 0 Å². The molecule has 1 aliphatic rings. The van der Waals surface area contributed by atoms with E-state index < -0.39 is 30.2 Å². The molecule has 1 N–H and O–H groups in total. The lowest BCUT2D eigenvalue weighted by Gasteiger charge is -2.15. The Bertz CT molecular complexity index is 954. The van der Waals surface area contributed by atoms with Crippen LogP contribution < -0.4 is 5.32 Å². The van der Waals surface area contributed by atoms with Crippen molar-refractivity contribution < 1.29 is 24.0 Å². The molecule has 28 heavy (non-hydrogen) atoms. The smallest absolute Gasteiger partial charge is 0.326 e. The van der Waals surface area contributed by atoms with Crippen LogP contribution in [-0.4, -0.2) is 45.9 Å². The van der Waals surface area contributed by atoms with E-state index in [0.29, 0.717) is 16.2 Å². The average molecular weight is 379 g/mol. The molecule has 0 atom stereocenters. The van der Waals surface area contributed by atoms with Crippen molar-refractivity contribution in [2.75, 3.05) is 11.9 Å². The number of carbonyl (C=O) groups excluding carboxylic acids is 5. The van der Waals surface area contributed by atoms with Gasteiger partial charge in [0.1, 0.15) is 0 Å². The predicted octanol–water partition coefficient (Wildman–Crippen LogP) is 1.82. The van der Waals surface area contributed by atoms with Crippen LogP contribution in [0.1, 0.15) is 22.8 Å². The molecule has 3 rings (SSSR count). The lowest BCUT2D eigenvalue weighted by Crippen LogP contribution is -2.36. The quantitative estimate of drug-likeness (QED) is 0.468. The number of nitrogens with one attached hydrogen (secondary N) is 1. The van der Waals surface area contributed by atoms with Crippen LogP contribution in [0.25, 0.3) is 0 Å². The largest absolute Gasteiger partial charge is 0.334 e. The van der Waals surface area contributed by atoms with E-state index in [4.69, 9.17) is 0 Å². The van der Waals surface area contributed by atoms with Crippen LogP contribution >= 0.6 is 0 Å². The van der Waals surface area contributed by atoms with E-state index in [1.165, 1.54) is 31.2 Å². The van der Waals surface area contributed by atoms with Crippen molar-refractivity contribution in [3.63, 3.8) is 0 Å². The van der Waals surface area contributed by atoms with Crippen molar-refractivity contribution in [3.8, 4) is 0 Å². The SMILES string of the molecule is CC(=O)Nc1ccc(C(=O)CN2C(=O)C(=O)N(Cc3ccccc3)C2=O)cc1. The summed E-state index contributed by atoms with van der Waals surface area (Å²) < 4.78 is 0. The molecule has 1 heterocycles. The number of hydrogen-bond donors (Lipinski definition) is 1. The summed E-state index contributed by atoms with van der Waals surface area (Å²) in [4.78, 5) is 61.8. The van der Waals surface area contributed by atoms with E-state index in [0.717, 1.165) is 4.90 Å². The van der Waals surface area contributed by atoms with Gasteiger partial charge < -0.3 is 5.32 Å². The second-order valence-electron chi connectivity index (χ2n) is 6.23. The molecule has 0 radical (unpaired) electrons. The minimum atomic E-state index is -1.02. The molecule has 0 spiro atoms. The van der Waals surface area contributed by atoms with Crippen LogP contribution in [0.15, 0.2) is 54.6 Å². The molecular weight excluding hydrogens is 362 g/mol. The summed E-state index contributed by atoms with van der Waals surface area (Å²) >= 11 is 0. The standard InChI is InChI=1S/C20H17N3O5/c1-13(24)21-16-9-7-15(8-10-16)17(25)12-23-19(27)18(26)22(20(23)28)11-14-5-3-2-4-6-14/h2-10H,11-12H2,1H3,(H,21,24). The van der Waals surface area contributed by atoms with Crippen molar-refractivity contribution in [2.24, 2.45) is 0 Å². The van der Waals surface area contributed by atoms with Crippen molar-refractivity contribution in [3.05, 3.63) is 65.7 Å². The first-order chi connectivity index (χ1) is 13.4. The maximum atomic E-state index is 12.5. The minimum Gasteiger partial charge on any atom is -0.326 e. The number of amides is 5. The van der Waals surface area contributed by atoms with Gasteiger partial charge in [0.15, 0.2) is 5.78 Å². The van der Waals surface area contributed by atoms with Gasteiger partial charge in [-0.05, 0) is 29.8 Å². The molecule has 1 saturated heterocycles. The lowest BCUT2D eigenvalue weighted by molar-refractivity contribution is -0.143. The molecule has 5 amide bonds. The van der Waals surface area contributed by atoms with E-state index in [1.54, 1.807) is 30.3 Å². The number of benzene rings is 2. The Morgan fingerprint density at radius 3 is 2.07 bits per heavy atom. The number of imide groups is 2. The highest BCUT2D eigenvalue weighted by Gasteiger charge is 2.45. The average Bonchev–Trinajstić information content (AvgIpc) is 2.87. The summed E-state index contributed by atoms with van der Waals surface area (Å²) in [5.74, 6) is -2.72. The van der Waals surface area contributed by atoms with Gasteiger partial charge in [-0.25, -0.2) is 9.69 Å². The fourth-order valence-corrected chi connectivity index (χ4v) is 2.77. The molecular formula is C20H17N3O5. The number of urea groups is 1.